The molecule has 1 aliphatic rings. The fourth-order valence-electron chi connectivity index (χ4n) is 2.14. The van der Waals surface area contributed by atoms with Crippen molar-refractivity contribution in [3.8, 4) is 11.5 Å². The molecule has 114 valence electrons. The number of fused-ring (bicyclic) bond motifs is 1. The summed E-state index contributed by atoms with van der Waals surface area (Å²) in [5, 5.41) is 11.7. The van der Waals surface area contributed by atoms with E-state index in [0.29, 0.717) is 17.9 Å². The average molecular weight is 293 g/mol. The normalized spacial score (nSPS) is 15.3. The third-order valence-corrected chi connectivity index (χ3v) is 3.60. The Labute approximate surface area is 123 Å². The van der Waals surface area contributed by atoms with Gasteiger partial charge in [0.15, 0.2) is 11.5 Å². The minimum absolute atomic E-state index is 0.108. The number of carboxylic acid groups (broad SMARTS) is 1. The van der Waals surface area contributed by atoms with Crippen LogP contribution in [0.1, 0.15) is 25.8 Å². The van der Waals surface area contributed by atoms with E-state index >= 15 is 0 Å². The Morgan fingerprint density at radius 2 is 2.05 bits per heavy atom. The van der Waals surface area contributed by atoms with Gasteiger partial charge in [-0.25, -0.2) is 4.79 Å². The fourth-order valence-corrected chi connectivity index (χ4v) is 2.14. The Hall–Kier alpha value is -2.24. The zero-order chi connectivity index (χ0) is 15.4. The Morgan fingerprint density at radius 1 is 1.33 bits per heavy atom. The quantitative estimate of drug-likeness (QED) is 0.831. The molecule has 1 heterocycles. The van der Waals surface area contributed by atoms with Crippen molar-refractivity contribution in [2.24, 2.45) is 5.92 Å². The van der Waals surface area contributed by atoms with E-state index in [9.17, 15) is 9.59 Å². The number of ether oxygens (including phenoxy) is 2. The number of hydrogen-bond acceptors (Lipinski definition) is 4. The van der Waals surface area contributed by atoms with Crippen LogP contribution in [-0.2, 0) is 16.0 Å². The van der Waals surface area contributed by atoms with Gasteiger partial charge in [0.25, 0.3) is 0 Å². The van der Waals surface area contributed by atoms with E-state index in [0.717, 1.165) is 5.56 Å². The maximum atomic E-state index is 12.0. The second-order valence-corrected chi connectivity index (χ2v) is 5.13. The van der Waals surface area contributed by atoms with Gasteiger partial charge in [-0.05, 0) is 23.6 Å². The summed E-state index contributed by atoms with van der Waals surface area (Å²) in [4.78, 5) is 23.2. The first-order valence-corrected chi connectivity index (χ1v) is 6.92. The van der Waals surface area contributed by atoms with E-state index < -0.39 is 12.0 Å². The molecule has 0 fully saturated rings. The molecular formula is C15H19NO5. The highest BCUT2D eigenvalue weighted by molar-refractivity contribution is 5.85. The molecule has 2 unspecified atom stereocenters. The van der Waals surface area contributed by atoms with Crippen molar-refractivity contribution >= 4 is 11.9 Å². The first-order valence-electron chi connectivity index (χ1n) is 6.92. The molecule has 0 bridgehead atoms. The highest BCUT2D eigenvalue weighted by Gasteiger charge is 2.25. The number of carbonyl (C=O) groups is 2. The Bertz CT molecular complexity index is 543. The molecule has 6 heteroatoms. The van der Waals surface area contributed by atoms with Crippen LogP contribution in [0.3, 0.4) is 0 Å². The minimum Gasteiger partial charge on any atom is -0.480 e. The monoisotopic (exact) mass is 293 g/mol. The first-order chi connectivity index (χ1) is 10.0. The van der Waals surface area contributed by atoms with Crippen LogP contribution >= 0.6 is 0 Å². The molecule has 1 amide bonds. The Kier molecular flexibility index (Phi) is 4.67. The number of aliphatic carboxylic acids is 1. The van der Waals surface area contributed by atoms with Gasteiger partial charge in [-0.1, -0.05) is 26.3 Å². The summed E-state index contributed by atoms with van der Waals surface area (Å²) in [6.45, 7) is 3.88. The SMILES string of the molecule is CCC(C)C(NC(=O)Cc1ccc2c(c1)OCO2)C(=O)O. The lowest BCUT2D eigenvalue weighted by molar-refractivity contribution is -0.143. The number of carboxylic acids is 1. The van der Waals surface area contributed by atoms with Gasteiger partial charge < -0.3 is 19.9 Å². The maximum Gasteiger partial charge on any atom is 0.326 e. The van der Waals surface area contributed by atoms with E-state index in [-0.39, 0.29) is 25.0 Å². The maximum absolute atomic E-state index is 12.0. The lowest BCUT2D eigenvalue weighted by atomic mass is 9.99. The molecule has 1 aliphatic heterocycles. The number of amides is 1. The Balaban J connectivity index is 1.99. The summed E-state index contributed by atoms with van der Waals surface area (Å²) in [5.74, 6) is -0.188. The summed E-state index contributed by atoms with van der Waals surface area (Å²) in [5.41, 5.74) is 0.755. The van der Waals surface area contributed by atoms with Crippen molar-refractivity contribution in [2.75, 3.05) is 6.79 Å². The van der Waals surface area contributed by atoms with Crippen molar-refractivity contribution in [1.29, 1.82) is 0 Å². The summed E-state index contributed by atoms with van der Waals surface area (Å²) < 4.78 is 10.4. The van der Waals surface area contributed by atoms with E-state index in [1.807, 2.05) is 6.92 Å². The first kappa shape index (κ1) is 15.2. The highest BCUT2D eigenvalue weighted by Crippen LogP contribution is 2.32. The van der Waals surface area contributed by atoms with Gasteiger partial charge in [0, 0.05) is 0 Å². The molecule has 2 N–H and O–H groups in total. The predicted molar refractivity (Wildman–Crippen MR) is 75.3 cm³/mol. The molecule has 2 rings (SSSR count). The summed E-state index contributed by atoms with van der Waals surface area (Å²) in [7, 11) is 0. The van der Waals surface area contributed by atoms with Crippen LogP contribution in [0.25, 0.3) is 0 Å². The van der Waals surface area contributed by atoms with Gasteiger partial charge >= 0.3 is 5.97 Å². The van der Waals surface area contributed by atoms with E-state index in [1.54, 1.807) is 25.1 Å². The molecule has 0 saturated heterocycles. The lowest BCUT2D eigenvalue weighted by Crippen LogP contribution is -2.45. The van der Waals surface area contributed by atoms with Crippen LogP contribution in [-0.4, -0.2) is 29.8 Å². The smallest absolute Gasteiger partial charge is 0.326 e. The zero-order valence-corrected chi connectivity index (χ0v) is 12.1. The molecule has 0 aromatic heterocycles. The van der Waals surface area contributed by atoms with Gasteiger partial charge in [-0.3, -0.25) is 4.79 Å². The molecule has 0 spiro atoms. The predicted octanol–water partition coefficient (Wildman–Crippen LogP) is 1.57. The van der Waals surface area contributed by atoms with Gasteiger partial charge in [0.2, 0.25) is 12.7 Å². The van der Waals surface area contributed by atoms with Gasteiger partial charge in [-0.15, -0.1) is 0 Å². The van der Waals surface area contributed by atoms with Crippen molar-refractivity contribution < 1.29 is 24.2 Å². The van der Waals surface area contributed by atoms with Gasteiger partial charge in [-0.2, -0.15) is 0 Å². The third-order valence-electron chi connectivity index (χ3n) is 3.60. The van der Waals surface area contributed by atoms with Crippen LogP contribution in [0.4, 0.5) is 0 Å². The molecule has 0 radical (unpaired) electrons. The average Bonchev–Trinajstić information content (AvgIpc) is 2.91. The second-order valence-electron chi connectivity index (χ2n) is 5.13. The van der Waals surface area contributed by atoms with E-state index in [4.69, 9.17) is 14.6 Å². The van der Waals surface area contributed by atoms with E-state index in [2.05, 4.69) is 5.32 Å². The van der Waals surface area contributed by atoms with Crippen LogP contribution < -0.4 is 14.8 Å². The van der Waals surface area contributed by atoms with Crippen LogP contribution in [0.5, 0.6) is 11.5 Å². The van der Waals surface area contributed by atoms with Crippen LogP contribution in [0, 0.1) is 5.92 Å². The van der Waals surface area contributed by atoms with Crippen molar-refractivity contribution in [3.05, 3.63) is 23.8 Å². The minimum atomic E-state index is -1.01. The van der Waals surface area contributed by atoms with Crippen LogP contribution in [0.2, 0.25) is 0 Å². The number of carbonyl (C=O) groups excluding carboxylic acids is 1. The number of hydrogen-bond donors (Lipinski definition) is 2. The second kappa shape index (κ2) is 6.47. The molecule has 2 atom stereocenters. The number of nitrogens with one attached hydrogen (secondary N) is 1. The molecule has 0 aliphatic carbocycles. The fraction of sp³-hybridized carbons (Fsp3) is 0.467. The molecule has 21 heavy (non-hydrogen) atoms. The van der Waals surface area contributed by atoms with Crippen molar-refractivity contribution in [1.82, 2.24) is 5.32 Å². The van der Waals surface area contributed by atoms with Crippen LogP contribution in [0.15, 0.2) is 18.2 Å². The van der Waals surface area contributed by atoms with E-state index in [1.165, 1.54) is 0 Å². The summed E-state index contributed by atoms with van der Waals surface area (Å²) >= 11 is 0. The van der Waals surface area contributed by atoms with Gasteiger partial charge in [0.1, 0.15) is 6.04 Å². The topological polar surface area (TPSA) is 84.9 Å². The Morgan fingerprint density at radius 3 is 2.71 bits per heavy atom. The van der Waals surface area contributed by atoms with Crippen molar-refractivity contribution in [2.45, 2.75) is 32.7 Å². The molecular weight excluding hydrogens is 274 g/mol. The van der Waals surface area contributed by atoms with Crippen molar-refractivity contribution in [3.63, 3.8) is 0 Å². The van der Waals surface area contributed by atoms with Gasteiger partial charge in [0.05, 0.1) is 6.42 Å². The lowest BCUT2D eigenvalue weighted by Gasteiger charge is -2.20. The third kappa shape index (κ3) is 3.65. The zero-order valence-electron chi connectivity index (χ0n) is 12.1. The molecule has 1 aromatic carbocycles. The molecule has 1 aromatic rings. The largest absolute Gasteiger partial charge is 0.480 e. The molecule has 6 nitrogen and oxygen atoms in total. The number of benzene rings is 1. The highest BCUT2D eigenvalue weighted by atomic mass is 16.7. The standard InChI is InChI=1S/C15H19NO5/c1-3-9(2)14(15(18)19)16-13(17)7-10-4-5-11-12(6-10)21-8-20-11/h4-6,9,14H,3,7-8H2,1-2H3,(H,16,17)(H,18,19). The summed E-state index contributed by atoms with van der Waals surface area (Å²) in [6.07, 6.45) is 0.790. The number of rotatable bonds is 6. The molecule has 0 saturated carbocycles. The summed E-state index contributed by atoms with van der Waals surface area (Å²) in [6, 6.07) is 4.39.